The summed E-state index contributed by atoms with van der Waals surface area (Å²) in [7, 11) is 0. The van der Waals surface area contributed by atoms with Gasteiger partial charge in [-0.25, -0.2) is 4.79 Å². The lowest BCUT2D eigenvalue weighted by molar-refractivity contribution is 0.0665. The summed E-state index contributed by atoms with van der Waals surface area (Å²) >= 11 is 0. The van der Waals surface area contributed by atoms with E-state index < -0.39 is 5.97 Å². The van der Waals surface area contributed by atoms with Crippen LogP contribution >= 0.6 is 0 Å². The molecule has 0 bridgehead atoms. The zero-order chi connectivity index (χ0) is 14.5. The van der Waals surface area contributed by atoms with Gasteiger partial charge >= 0.3 is 5.97 Å². The Bertz CT molecular complexity index is 589. The maximum Gasteiger partial charge on any atom is 0.371 e. The second kappa shape index (κ2) is 6.54. The molecular weight excluding hydrogens is 258 g/mol. The number of rotatable bonds is 7. The molecule has 0 saturated heterocycles. The van der Waals surface area contributed by atoms with Gasteiger partial charge in [0.25, 0.3) is 0 Å². The molecule has 0 atom stereocenters. The highest BCUT2D eigenvalue weighted by Crippen LogP contribution is 2.20. The van der Waals surface area contributed by atoms with Crippen LogP contribution in [0.4, 0.5) is 0 Å². The molecule has 1 aromatic heterocycles. The molecule has 1 aromatic carbocycles. The van der Waals surface area contributed by atoms with E-state index in [4.69, 9.17) is 14.3 Å². The number of benzene rings is 1. The Morgan fingerprint density at radius 2 is 2.20 bits per heavy atom. The van der Waals surface area contributed by atoms with E-state index in [-0.39, 0.29) is 11.9 Å². The fourth-order valence-corrected chi connectivity index (χ4v) is 1.91. The summed E-state index contributed by atoms with van der Waals surface area (Å²) in [5, 5.41) is 13.0. The van der Waals surface area contributed by atoms with Gasteiger partial charge in [0.15, 0.2) is 0 Å². The Hall–Kier alpha value is -1.85. The van der Waals surface area contributed by atoms with E-state index >= 15 is 0 Å². The molecule has 0 radical (unpaired) electrons. The van der Waals surface area contributed by atoms with Crippen molar-refractivity contribution < 1.29 is 19.1 Å². The molecule has 2 rings (SSSR count). The van der Waals surface area contributed by atoms with Crippen molar-refractivity contribution in [2.45, 2.75) is 26.5 Å². The van der Waals surface area contributed by atoms with Crippen LogP contribution in [0.25, 0.3) is 11.0 Å². The smallest absolute Gasteiger partial charge is 0.371 e. The lowest BCUT2D eigenvalue weighted by Gasteiger charge is -2.08. The van der Waals surface area contributed by atoms with Gasteiger partial charge < -0.3 is 19.6 Å². The zero-order valence-electron chi connectivity index (χ0n) is 11.7. The van der Waals surface area contributed by atoms with E-state index in [1.54, 1.807) is 12.1 Å². The highest BCUT2D eigenvalue weighted by molar-refractivity contribution is 5.91. The van der Waals surface area contributed by atoms with Crippen molar-refractivity contribution in [1.82, 2.24) is 5.32 Å². The van der Waals surface area contributed by atoms with Gasteiger partial charge in [-0.2, -0.15) is 0 Å². The average Bonchev–Trinajstić information content (AvgIpc) is 2.81. The fourth-order valence-electron chi connectivity index (χ4n) is 1.91. The van der Waals surface area contributed by atoms with Crippen LogP contribution in [0, 0.1) is 0 Å². The molecule has 1 heterocycles. The van der Waals surface area contributed by atoms with Crippen molar-refractivity contribution in [1.29, 1.82) is 0 Å². The normalized spacial score (nSPS) is 11.3. The third kappa shape index (κ3) is 3.82. The molecule has 2 N–H and O–H groups in total. The Morgan fingerprint density at radius 1 is 1.40 bits per heavy atom. The summed E-state index contributed by atoms with van der Waals surface area (Å²) in [6.07, 6.45) is 0.244. The maximum absolute atomic E-state index is 10.8. The van der Waals surface area contributed by atoms with E-state index in [1.165, 1.54) is 0 Å². The number of carboxylic acid groups (broad SMARTS) is 1. The Morgan fingerprint density at radius 3 is 2.90 bits per heavy atom. The summed E-state index contributed by atoms with van der Waals surface area (Å²) in [5.74, 6) is -1.08. The highest BCUT2D eigenvalue weighted by atomic mass is 16.5. The van der Waals surface area contributed by atoms with Crippen molar-refractivity contribution >= 4 is 16.9 Å². The minimum Gasteiger partial charge on any atom is -0.475 e. The molecule has 20 heavy (non-hydrogen) atoms. The first kappa shape index (κ1) is 14.6. The molecule has 0 saturated carbocycles. The first-order valence-corrected chi connectivity index (χ1v) is 6.64. The molecule has 0 aliphatic carbocycles. The van der Waals surface area contributed by atoms with Gasteiger partial charge in [0.05, 0.1) is 12.7 Å². The minimum absolute atomic E-state index is 0.0320. The van der Waals surface area contributed by atoms with Crippen molar-refractivity contribution in [3.63, 3.8) is 0 Å². The highest BCUT2D eigenvalue weighted by Gasteiger charge is 2.10. The SMILES string of the molecule is CC(C)OCCNCc1ccc2oc(C(=O)O)cc2c1. The number of nitrogens with one attached hydrogen (secondary N) is 1. The molecule has 0 spiro atoms. The number of furan rings is 1. The second-order valence-corrected chi connectivity index (χ2v) is 4.88. The minimum atomic E-state index is -1.05. The van der Waals surface area contributed by atoms with Crippen LogP contribution in [0.5, 0.6) is 0 Å². The predicted octanol–water partition coefficient (Wildman–Crippen LogP) is 2.65. The van der Waals surface area contributed by atoms with Crippen LogP contribution in [-0.4, -0.2) is 30.3 Å². The van der Waals surface area contributed by atoms with Crippen LogP contribution < -0.4 is 5.32 Å². The monoisotopic (exact) mass is 277 g/mol. The molecule has 0 aliphatic rings. The van der Waals surface area contributed by atoms with Gasteiger partial charge in [-0.05, 0) is 37.6 Å². The lowest BCUT2D eigenvalue weighted by Crippen LogP contribution is -2.20. The van der Waals surface area contributed by atoms with E-state index in [0.29, 0.717) is 18.7 Å². The van der Waals surface area contributed by atoms with E-state index in [9.17, 15) is 4.79 Å². The van der Waals surface area contributed by atoms with Crippen LogP contribution in [0.2, 0.25) is 0 Å². The molecular formula is C15H19NO4. The van der Waals surface area contributed by atoms with E-state index in [2.05, 4.69) is 5.32 Å². The Balaban J connectivity index is 1.92. The Labute approximate surface area is 117 Å². The van der Waals surface area contributed by atoms with Crippen molar-refractivity contribution in [3.8, 4) is 0 Å². The molecule has 108 valence electrons. The van der Waals surface area contributed by atoms with Crippen LogP contribution in [-0.2, 0) is 11.3 Å². The summed E-state index contributed by atoms with van der Waals surface area (Å²) in [4.78, 5) is 10.8. The van der Waals surface area contributed by atoms with Gasteiger partial charge in [-0.3, -0.25) is 0 Å². The topological polar surface area (TPSA) is 71.7 Å². The van der Waals surface area contributed by atoms with Crippen LogP contribution in [0.15, 0.2) is 28.7 Å². The quantitative estimate of drug-likeness (QED) is 0.761. The first-order chi connectivity index (χ1) is 9.56. The molecule has 0 amide bonds. The van der Waals surface area contributed by atoms with Gasteiger partial charge in [-0.1, -0.05) is 6.07 Å². The molecule has 0 fully saturated rings. The largest absolute Gasteiger partial charge is 0.475 e. The molecule has 0 unspecified atom stereocenters. The number of hydrogen-bond donors (Lipinski definition) is 2. The predicted molar refractivity (Wildman–Crippen MR) is 76.0 cm³/mol. The summed E-state index contributed by atoms with van der Waals surface area (Å²) in [6.45, 7) is 6.18. The summed E-state index contributed by atoms with van der Waals surface area (Å²) in [5.41, 5.74) is 1.68. The molecule has 5 nitrogen and oxygen atoms in total. The van der Waals surface area contributed by atoms with Gasteiger partial charge in [0, 0.05) is 18.5 Å². The zero-order valence-corrected chi connectivity index (χ0v) is 11.7. The molecule has 5 heteroatoms. The molecule has 2 aromatic rings. The summed E-state index contributed by atoms with van der Waals surface area (Å²) in [6, 6.07) is 7.20. The number of hydrogen-bond acceptors (Lipinski definition) is 4. The second-order valence-electron chi connectivity index (χ2n) is 4.88. The number of fused-ring (bicyclic) bond motifs is 1. The number of aromatic carboxylic acids is 1. The standard InChI is InChI=1S/C15H19NO4/c1-10(2)19-6-5-16-9-11-3-4-13-12(7-11)8-14(20-13)15(17)18/h3-4,7-8,10,16H,5-6,9H2,1-2H3,(H,17,18). The van der Waals surface area contributed by atoms with Gasteiger partial charge in [-0.15, -0.1) is 0 Å². The lowest BCUT2D eigenvalue weighted by atomic mass is 10.1. The van der Waals surface area contributed by atoms with Crippen molar-refractivity contribution in [3.05, 3.63) is 35.6 Å². The molecule has 0 aliphatic heterocycles. The fraction of sp³-hybridized carbons (Fsp3) is 0.400. The van der Waals surface area contributed by atoms with Crippen molar-refractivity contribution in [2.24, 2.45) is 0 Å². The number of carboxylic acids is 1. The Kier molecular flexibility index (Phi) is 4.76. The van der Waals surface area contributed by atoms with Crippen molar-refractivity contribution in [2.75, 3.05) is 13.2 Å². The van der Waals surface area contributed by atoms with Gasteiger partial charge in [0.2, 0.25) is 5.76 Å². The third-order valence-corrected chi connectivity index (χ3v) is 2.85. The van der Waals surface area contributed by atoms with Gasteiger partial charge in [0.1, 0.15) is 5.58 Å². The van der Waals surface area contributed by atoms with Crippen LogP contribution in [0.1, 0.15) is 30.0 Å². The van der Waals surface area contributed by atoms with E-state index in [1.807, 2.05) is 26.0 Å². The number of carbonyl (C=O) groups is 1. The average molecular weight is 277 g/mol. The first-order valence-electron chi connectivity index (χ1n) is 6.64. The summed E-state index contributed by atoms with van der Waals surface area (Å²) < 4.78 is 10.7. The van der Waals surface area contributed by atoms with E-state index in [0.717, 1.165) is 17.5 Å². The number of ether oxygens (including phenoxy) is 1. The maximum atomic E-state index is 10.8. The third-order valence-electron chi connectivity index (χ3n) is 2.85. The van der Waals surface area contributed by atoms with Crippen LogP contribution in [0.3, 0.4) is 0 Å².